The zero-order valence-electron chi connectivity index (χ0n) is 53.2. The van der Waals surface area contributed by atoms with Gasteiger partial charge in [-0.2, -0.15) is 13.3 Å². The fourth-order valence-corrected chi connectivity index (χ4v) is 15.7. The van der Waals surface area contributed by atoms with Crippen LogP contribution in [0.4, 0.5) is 45.5 Å². The minimum atomic E-state index is -1.81. The van der Waals surface area contributed by atoms with Gasteiger partial charge in [0.1, 0.15) is 0 Å². The normalized spacial score (nSPS) is 13.1. The second-order valence-corrected chi connectivity index (χ2v) is 34.8. The summed E-state index contributed by atoms with van der Waals surface area (Å²) in [5, 5.41) is 0. The van der Waals surface area contributed by atoms with E-state index in [9.17, 15) is 0 Å². The van der Waals surface area contributed by atoms with Crippen LogP contribution in [0.25, 0.3) is 0 Å². The van der Waals surface area contributed by atoms with Gasteiger partial charge in [-0.05, 0) is 126 Å². The fourth-order valence-electron chi connectivity index (χ4n) is 12.1. The van der Waals surface area contributed by atoms with E-state index in [4.69, 9.17) is 38.8 Å². The van der Waals surface area contributed by atoms with Crippen LogP contribution in [0.15, 0.2) is 158 Å². The van der Waals surface area contributed by atoms with E-state index in [0.717, 1.165) is 60.1 Å². The Morgan fingerprint density at radius 1 is 0.372 bits per heavy atom. The Morgan fingerprint density at radius 2 is 0.628 bits per heavy atom. The van der Waals surface area contributed by atoms with E-state index in [0.29, 0.717) is 11.8 Å². The molecular formula is C74H88Cl4N6Ru2-2. The smallest absolute Gasteiger partial charge is 0.0151 e. The van der Waals surface area contributed by atoms with E-state index in [1.165, 1.54) is 89.5 Å². The van der Waals surface area contributed by atoms with Crippen molar-refractivity contribution < 1.29 is 27.0 Å². The van der Waals surface area contributed by atoms with Crippen molar-refractivity contribution in [1.29, 1.82) is 0 Å². The van der Waals surface area contributed by atoms with Gasteiger partial charge in [-0.15, -0.1) is 0 Å². The minimum Gasteiger partial charge on any atom is -0.502 e. The number of hydrogen-bond donors (Lipinski definition) is 0. The number of aryl methyl sites for hydroxylation is 10. The SMILES string of the molecule is CN(c1ccccc1)c1ccccc1[CH]=[Ru]([Cl])[Cl].CN(c1ccccc1)c1ccccc1[CH]=[Ru]([Cl])[Cl].Cc1cc(C)c(N2[CH-]N(c3c(C)cc(C)cc3C(C)C)CC2)c(C(C)C)c1.Cc1cc(C)c(N2[CH-]N(c3c(C)cc(C)cc3C)CC2)c(C)c1. The summed E-state index contributed by atoms with van der Waals surface area (Å²) in [6.07, 6.45) is 0. The Labute approximate surface area is 543 Å². The van der Waals surface area contributed by atoms with Crippen LogP contribution in [0.2, 0.25) is 0 Å². The van der Waals surface area contributed by atoms with E-state index < -0.39 is 27.0 Å². The zero-order valence-corrected chi connectivity index (χ0v) is 59.7. The molecule has 460 valence electrons. The summed E-state index contributed by atoms with van der Waals surface area (Å²) in [4.78, 5) is 14.0. The van der Waals surface area contributed by atoms with Crippen LogP contribution in [0.5, 0.6) is 0 Å². The molecule has 8 aromatic carbocycles. The third-order valence-electron chi connectivity index (χ3n) is 15.6. The molecule has 0 radical (unpaired) electrons. The summed E-state index contributed by atoms with van der Waals surface area (Å²) in [6.45, 7) is 40.1. The molecule has 0 saturated carbocycles. The number of benzene rings is 8. The van der Waals surface area contributed by atoms with E-state index in [-0.39, 0.29) is 0 Å². The van der Waals surface area contributed by atoms with Crippen molar-refractivity contribution in [3.8, 4) is 0 Å². The molecule has 8 aromatic rings. The summed E-state index contributed by atoms with van der Waals surface area (Å²) in [6, 6.07) is 55.2. The Bertz CT molecular complexity index is 3350. The van der Waals surface area contributed by atoms with Crippen LogP contribution in [0.1, 0.15) is 117 Å². The molecule has 0 aromatic heterocycles. The van der Waals surface area contributed by atoms with Crippen LogP contribution in [0, 0.1) is 82.6 Å². The maximum absolute atomic E-state index is 5.97. The Hall–Kier alpha value is -5.29. The van der Waals surface area contributed by atoms with E-state index >= 15 is 0 Å². The number of halogens is 4. The standard InChI is InChI=1S/C25H35N2.C21H27N2.2C14H13N.4ClH.2Ru/c1-16(2)22-13-18(5)11-20(7)24(22)26-9-10-27(15-26)25-21(8)12-19(6)14-23(25)17(3)4;1-14-9-16(3)20(17(4)10-14)22-7-8-23(13-22)21-18(5)11-15(2)12-19(21)6;2*1-12-8-6-7-11-14(12)15(2)13-9-4-3-5-10-13;;;;;;/h11-17H,9-10H2,1-8H3;9-13H,7-8H2,1-6H3;2*1,3-11H,2H3;4*1H;;/q2*-1;;;;;;;2*+2/p-4. The van der Waals surface area contributed by atoms with E-state index in [2.05, 4.69) is 225 Å². The van der Waals surface area contributed by atoms with Crippen LogP contribution in [-0.4, -0.2) is 49.5 Å². The van der Waals surface area contributed by atoms with Gasteiger partial charge in [0.25, 0.3) is 0 Å². The first-order valence-corrected chi connectivity index (χ1v) is 40.4. The second-order valence-electron chi connectivity index (χ2n) is 23.4. The van der Waals surface area contributed by atoms with Gasteiger partial charge < -0.3 is 19.6 Å². The van der Waals surface area contributed by atoms with Crippen LogP contribution in [0.3, 0.4) is 0 Å². The Balaban J connectivity index is 0.000000166. The van der Waals surface area contributed by atoms with Crippen molar-refractivity contribution in [2.24, 2.45) is 0 Å². The molecule has 0 aliphatic carbocycles. The summed E-state index contributed by atoms with van der Waals surface area (Å²) in [7, 11) is 28.0. The number of para-hydroxylation sites is 4. The first kappa shape index (κ1) is 68.2. The molecule has 2 heterocycles. The Kier molecular flexibility index (Phi) is 25.2. The summed E-state index contributed by atoms with van der Waals surface area (Å²) in [5.41, 5.74) is 28.7. The molecule has 2 aliphatic rings. The predicted molar refractivity (Wildman–Crippen MR) is 375 cm³/mol. The largest absolute Gasteiger partial charge is 0.502 e. The third kappa shape index (κ3) is 18.0. The molecule has 0 N–H and O–H groups in total. The molecule has 0 spiro atoms. The maximum Gasteiger partial charge on any atom is 0.0151 e. The topological polar surface area (TPSA) is 19.4 Å². The van der Waals surface area contributed by atoms with Crippen molar-refractivity contribution in [2.45, 2.75) is 109 Å². The molecule has 2 aliphatic heterocycles. The van der Waals surface area contributed by atoms with Gasteiger partial charge in [0, 0.05) is 48.9 Å². The molecule has 0 bridgehead atoms. The molecule has 0 atom stereocenters. The average Bonchev–Trinajstić information content (AvgIpc) is 2.60. The van der Waals surface area contributed by atoms with E-state index in [1.54, 1.807) is 0 Å². The second kappa shape index (κ2) is 31.7. The van der Waals surface area contributed by atoms with Gasteiger partial charge in [0.05, 0.1) is 0 Å². The molecule has 6 nitrogen and oxygen atoms in total. The third-order valence-corrected chi connectivity index (χ3v) is 19.3. The van der Waals surface area contributed by atoms with Gasteiger partial charge in [-0.1, -0.05) is 98.5 Å². The quantitative estimate of drug-likeness (QED) is 0.0891. The van der Waals surface area contributed by atoms with Crippen LogP contribution in [-0.2, 0) is 27.0 Å². The summed E-state index contributed by atoms with van der Waals surface area (Å²) < 4.78 is 3.95. The first-order chi connectivity index (χ1) is 40.9. The average molecular weight is 1410 g/mol. The molecule has 0 unspecified atom stereocenters. The van der Waals surface area contributed by atoms with Gasteiger partial charge in [0.2, 0.25) is 0 Å². The number of anilines is 8. The monoisotopic (exact) mass is 1400 g/mol. The van der Waals surface area contributed by atoms with Crippen molar-refractivity contribution >= 4 is 93.5 Å². The van der Waals surface area contributed by atoms with Crippen molar-refractivity contribution in [3.05, 3.63) is 249 Å². The molecule has 10 rings (SSSR count). The number of rotatable bonds is 12. The van der Waals surface area contributed by atoms with Gasteiger partial charge in [-0.3, -0.25) is 0 Å². The number of nitrogens with zero attached hydrogens (tertiary/aromatic N) is 6. The summed E-state index contributed by atoms with van der Waals surface area (Å²) >= 11 is -3.62. The van der Waals surface area contributed by atoms with E-state index in [1.807, 2.05) is 96.1 Å². The number of hydrogen-bond acceptors (Lipinski definition) is 6. The van der Waals surface area contributed by atoms with Gasteiger partial charge in [0.15, 0.2) is 0 Å². The van der Waals surface area contributed by atoms with Crippen molar-refractivity contribution in [2.75, 3.05) is 69.7 Å². The molecular weight excluding hydrogens is 1320 g/mol. The van der Waals surface area contributed by atoms with Gasteiger partial charge in [-0.25, -0.2) is 0 Å². The molecule has 12 heteroatoms. The van der Waals surface area contributed by atoms with Crippen LogP contribution < -0.4 is 29.4 Å². The summed E-state index contributed by atoms with van der Waals surface area (Å²) in [5.74, 6) is 1.04. The zero-order chi connectivity index (χ0) is 62.5. The van der Waals surface area contributed by atoms with Crippen molar-refractivity contribution in [3.63, 3.8) is 0 Å². The predicted octanol–water partition coefficient (Wildman–Crippen LogP) is 20.7. The Morgan fingerprint density at radius 3 is 0.919 bits per heavy atom. The minimum absolute atomic E-state index is 0.522. The van der Waals surface area contributed by atoms with Crippen molar-refractivity contribution in [1.82, 2.24) is 0 Å². The molecule has 2 saturated heterocycles. The van der Waals surface area contributed by atoms with Gasteiger partial charge >= 0.3 is 242 Å². The molecule has 86 heavy (non-hydrogen) atoms. The van der Waals surface area contributed by atoms with Crippen LogP contribution >= 0.6 is 38.8 Å². The maximum atomic E-state index is 5.97. The fraction of sp³-hybridized carbons (Fsp3) is 0.297. The molecule has 2 fully saturated rings. The molecule has 0 amide bonds. The first-order valence-electron chi connectivity index (χ1n) is 29.5.